The van der Waals surface area contributed by atoms with Gasteiger partial charge in [0.15, 0.2) is 0 Å². The second-order valence-electron chi connectivity index (χ2n) is 5.74. The van der Waals surface area contributed by atoms with E-state index in [4.69, 9.17) is 16.3 Å². The van der Waals surface area contributed by atoms with Gasteiger partial charge in [0.25, 0.3) is 5.91 Å². The molecule has 0 heterocycles. The molecule has 0 spiro atoms. The van der Waals surface area contributed by atoms with Crippen LogP contribution >= 0.6 is 11.6 Å². The van der Waals surface area contributed by atoms with Gasteiger partial charge in [0.05, 0.1) is 6.61 Å². The van der Waals surface area contributed by atoms with Crippen LogP contribution in [-0.4, -0.2) is 37.7 Å². The summed E-state index contributed by atoms with van der Waals surface area (Å²) in [6, 6.07) is 13.1. The van der Waals surface area contributed by atoms with E-state index in [9.17, 15) is 14.4 Å². The second kappa shape index (κ2) is 11.5. The number of benzene rings is 2. The average molecular weight is 417 g/mol. The number of ether oxygens (including phenoxy) is 2. The fourth-order valence-corrected chi connectivity index (χ4v) is 2.31. The van der Waals surface area contributed by atoms with Gasteiger partial charge in [-0.25, -0.2) is 4.79 Å². The lowest BCUT2D eigenvalue weighted by molar-refractivity contribution is -0.116. The molecule has 2 aromatic rings. The molecule has 0 atom stereocenters. The van der Waals surface area contributed by atoms with Crippen molar-refractivity contribution in [2.75, 3.05) is 19.7 Å². The smallest absolute Gasteiger partial charge is 0.434 e. The van der Waals surface area contributed by atoms with Crippen molar-refractivity contribution in [1.82, 2.24) is 10.6 Å². The first-order valence-corrected chi connectivity index (χ1v) is 9.30. The molecule has 0 saturated carbocycles. The highest BCUT2D eigenvalue weighted by Gasteiger charge is 2.08. The fourth-order valence-electron chi connectivity index (χ4n) is 2.19. The minimum atomic E-state index is -0.800. The summed E-state index contributed by atoms with van der Waals surface area (Å²) < 4.78 is 9.59. The number of amides is 2. The predicted molar refractivity (Wildman–Crippen MR) is 110 cm³/mol. The molecule has 29 heavy (non-hydrogen) atoms. The maximum Gasteiger partial charge on any atom is 0.513 e. The molecule has 0 aliphatic rings. The molecule has 0 aromatic heterocycles. The SMILES string of the molecule is CCOC(=O)Oc1ccc(C(=O)NCCNC(=O)/C=C/c2ccc(Cl)cc2)cc1. The molecule has 0 saturated heterocycles. The quantitative estimate of drug-likeness (QED) is 0.297. The lowest BCUT2D eigenvalue weighted by atomic mass is 10.2. The van der Waals surface area contributed by atoms with E-state index in [1.54, 1.807) is 37.3 Å². The molecule has 0 aliphatic carbocycles. The van der Waals surface area contributed by atoms with Crippen LogP contribution in [-0.2, 0) is 9.53 Å². The fraction of sp³-hybridized carbons (Fsp3) is 0.190. The van der Waals surface area contributed by atoms with Crippen molar-refractivity contribution in [3.8, 4) is 5.75 Å². The maximum atomic E-state index is 12.1. The summed E-state index contributed by atoms with van der Waals surface area (Å²) in [5.74, 6) is -0.298. The van der Waals surface area contributed by atoms with Crippen LogP contribution in [0.5, 0.6) is 5.75 Å². The minimum absolute atomic E-state index is 0.215. The van der Waals surface area contributed by atoms with Crippen LogP contribution in [0.1, 0.15) is 22.8 Å². The van der Waals surface area contributed by atoms with Gasteiger partial charge in [-0.3, -0.25) is 9.59 Å². The Balaban J connectivity index is 1.70. The van der Waals surface area contributed by atoms with E-state index in [1.165, 1.54) is 30.3 Å². The molecule has 0 aliphatic heterocycles. The lowest BCUT2D eigenvalue weighted by Gasteiger charge is -2.07. The van der Waals surface area contributed by atoms with Gasteiger partial charge in [-0.05, 0) is 55.0 Å². The Bertz CT molecular complexity index is 864. The average Bonchev–Trinajstić information content (AvgIpc) is 2.71. The van der Waals surface area contributed by atoms with Crippen LogP contribution in [0.4, 0.5) is 4.79 Å². The number of halogens is 1. The summed E-state index contributed by atoms with van der Waals surface area (Å²) in [5, 5.41) is 5.99. The first-order valence-electron chi connectivity index (χ1n) is 8.92. The zero-order valence-electron chi connectivity index (χ0n) is 15.8. The van der Waals surface area contributed by atoms with Gasteiger partial charge < -0.3 is 20.1 Å². The van der Waals surface area contributed by atoms with Crippen LogP contribution in [0, 0.1) is 0 Å². The number of hydrogen-bond donors (Lipinski definition) is 2. The Morgan fingerprint density at radius 3 is 2.28 bits per heavy atom. The van der Waals surface area contributed by atoms with Gasteiger partial charge in [0.1, 0.15) is 5.75 Å². The zero-order chi connectivity index (χ0) is 21.1. The third-order valence-corrected chi connectivity index (χ3v) is 3.84. The minimum Gasteiger partial charge on any atom is -0.434 e. The molecule has 8 heteroatoms. The van der Waals surface area contributed by atoms with E-state index in [0.29, 0.717) is 10.6 Å². The summed E-state index contributed by atoms with van der Waals surface area (Å²) in [4.78, 5) is 35.1. The summed E-state index contributed by atoms with van der Waals surface area (Å²) in [5.41, 5.74) is 1.25. The Kier molecular flexibility index (Phi) is 8.72. The zero-order valence-corrected chi connectivity index (χ0v) is 16.6. The summed E-state index contributed by atoms with van der Waals surface area (Å²) >= 11 is 5.81. The van der Waals surface area contributed by atoms with Crippen LogP contribution in [0.15, 0.2) is 54.6 Å². The van der Waals surface area contributed by atoms with Crippen molar-refractivity contribution < 1.29 is 23.9 Å². The van der Waals surface area contributed by atoms with Crippen LogP contribution in [0.3, 0.4) is 0 Å². The topological polar surface area (TPSA) is 93.7 Å². The first kappa shape index (κ1) is 22.0. The molecular formula is C21H21ClN2O5. The Labute approximate surface area is 173 Å². The van der Waals surface area contributed by atoms with Crippen molar-refractivity contribution in [3.63, 3.8) is 0 Å². The molecule has 2 N–H and O–H groups in total. The molecule has 2 amide bonds. The third-order valence-electron chi connectivity index (χ3n) is 3.59. The van der Waals surface area contributed by atoms with Gasteiger partial charge in [0, 0.05) is 29.8 Å². The van der Waals surface area contributed by atoms with Gasteiger partial charge in [-0.2, -0.15) is 0 Å². The van der Waals surface area contributed by atoms with E-state index < -0.39 is 6.16 Å². The Morgan fingerprint density at radius 2 is 1.62 bits per heavy atom. The van der Waals surface area contributed by atoms with Crippen LogP contribution < -0.4 is 15.4 Å². The van der Waals surface area contributed by atoms with E-state index in [1.807, 2.05) is 0 Å². The second-order valence-corrected chi connectivity index (χ2v) is 6.18. The van der Waals surface area contributed by atoms with Crippen molar-refractivity contribution in [2.24, 2.45) is 0 Å². The molecule has 2 aromatic carbocycles. The van der Waals surface area contributed by atoms with E-state index in [-0.39, 0.29) is 37.3 Å². The highest BCUT2D eigenvalue weighted by molar-refractivity contribution is 6.30. The monoisotopic (exact) mass is 416 g/mol. The van der Waals surface area contributed by atoms with E-state index >= 15 is 0 Å². The van der Waals surface area contributed by atoms with Crippen molar-refractivity contribution in [2.45, 2.75) is 6.92 Å². The Hall–Kier alpha value is -3.32. The van der Waals surface area contributed by atoms with E-state index in [2.05, 4.69) is 15.4 Å². The summed E-state index contributed by atoms with van der Waals surface area (Å²) in [6.07, 6.45) is 2.28. The van der Waals surface area contributed by atoms with E-state index in [0.717, 1.165) is 5.56 Å². The molecular weight excluding hydrogens is 396 g/mol. The molecule has 0 bridgehead atoms. The molecule has 2 rings (SSSR count). The Morgan fingerprint density at radius 1 is 0.966 bits per heavy atom. The van der Waals surface area contributed by atoms with Crippen LogP contribution in [0.2, 0.25) is 5.02 Å². The summed E-state index contributed by atoms with van der Waals surface area (Å²) in [7, 11) is 0. The first-order chi connectivity index (χ1) is 14.0. The van der Waals surface area contributed by atoms with Gasteiger partial charge in [-0.1, -0.05) is 23.7 Å². The number of nitrogens with one attached hydrogen (secondary N) is 2. The molecule has 152 valence electrons. The largest absolute Gasteiger partial charge is 0.513 e. The number of carbonyl (C=O) groups excluding carboxylic acids is 3. The van der Waals surface area contributed by atoms with Crippen molar-refractivity contribution in [1.29, 1.82) is 0 Å². The van der Waals surface area contributed by atoms with Crippen LogP contribution in [0.25, 0.3) is 6.08 Å². The number of hydrogen-bond acceptors (Lipinski definition) is 5. The molecule has 7 nitrogen and oxygen atoms in total. The maximum absolute atomic E-state index is 12.1. The number of rotatable bonds is 8. The molecule has 0 fully saturated rings. The lowest BCUT2D eigenvalue weighted by Crippen LogP contribution is -2.33. The summed E-state index contributed by atoms with van der Waals surface area (Å²) in [6.45, 7) is 2.43. The predicted octanol–water partition coefficient (Wildman–Crippen LogP) is 3.43. The van der Waals surface area contributed by atoms with Crippen molar-refractivity contribution in [3.05, 3.63) is 70.8 Å². The normalized spacial score (nSPS) is 10.4. The highest BCUT2D eigenvalue weighted by atomic mass is 35.5. The number of carbonyl (C=O) groups is 3. The third kappa shape index (κ3) is 8.06. The van der Waals surface area contributed by atoms with Gasteiger partial charge in [0.2, 0.25) is 5.91 Å². The standard InChI is InChI=1S/C21H21ClN2O5/c1-2-28-21(27)29-18-10-6-16(7-11-18)20(26)24-14-13-23-19(25)12-5-15-3-8-17(22)9-4-15/h3-12H,2,13-14H2,1H3,(H,23,25)(H,24,26)/b12-5+. The van der Waals surface area contributed by atoms with Gasteiger partial charge in [-0.15, -0.1) is 0 Å². The molecule has 0 unspecified atom stereocenters. The van der Waals surface area contributed by atoms with Gasteiger partial charge >= 0.3 is 6.16 Å². The van der Waals surface area contributed by atoms with Crippen molar-refractivity contribution >= 4 is 35.6 Å². The highest BCUT2D eigenvalue weighted by Crippen LogP contribution is 2.13. The molecule has 0 radical (unpaired) electrons.